The number of piperidine rings is 1. The van der Waals surface area contributed by atoms with E-state index in [0.717, 1.165) is 18.5 Å². The van der Waals surface area contributed by atoms with Crippen LogP contribution in [0.1, 0.15) is 35.8 Å². The fraction of sp³-hybridized carbons (Fsp3) is 0.571. The van der Waals surface area contributed by atoms with E-state index in [1.54, 1.807) is 0 Å². The molecule has 4 nitrogen and oxygen atoms in total. The average molecular weight is 327 g/mol. The van der Waals surface area contributed by atoms with E-state index in [1.807, 2.05) is 30.9 Å². The van der Waals surface area contributed by atoms with E-state index in [9.17, 15) is 9.90 Å². The highest BCUT2D eigenvalue weighted by atomic mass is 79.9. The minimum atomic E-state index is -0.287. The summed E-state index contributed by atoms with van der Waals surface area (Å²) in [5.41, 5.74) is 1.50. The van der Waals surface area contributed by atoms with Crippen molar-refractivity contribution in [2.75, 3.05) is 13.1 Å². The van der Waals surface area contributed by atoms with Crippen molar-refractivity contribution in [3.8, 4) is 0 Å². The smallest absolute Gasteiger partial charge is 0.256 e. The van der Waals surface area contributed by atoms with E-state index in [4.69, 9.17) is 0 Å². The molecule has 1 amide bonds. The van der Waals surface area contributed by atoms with Crippen LogP contribution in [0.4, 0.5) is 0 Å². The van der Waals surface area contributed by atoms with Crippen LogP contribution in [0, 0.1) is 12.8 Å². The predicted octanol–water partition coefficient (Wildman–Crippen LogP) is 2.39. The molecule has 5 heteroatoms. The van der Waals surface area contributed by atoms with Gasteiger partial charge in [0.25, 0.3) is 5.91 Å². The van der Waals surface area contributed by atoms with Crippen molar-refractivity contribution in [2.24, 2.45) is 5.92 Å². The third kappa shape index (κ3) is 3.34. The molecule has 0 spiro atoms. The van der Waals surface area contributed by atoms with Crippen LogP contribution >= 0.6 is 15.9 Å². The molecule has 1 fully saturated rings. The molecule has 1 aliphatic heterocycles. The van der Waals surface area contributed by atoms with E-state index < -0.39 is 0 Å². The molecule has 0 aliphatic carbocycles. The zero-order valence-electron chi connectivity index (χ0n) is 11.3. The maximum absolute atomic E-state index is 12.4. The van der Waals surface area contributed by atoms with Crippen molar-refractivity contribution in [3.63, 3.8) is 0 Å². The Hall–Kier alpha value is -0.940. The second-order valence-electron chi connectivity index (χ2n) is 5.16. The average Bonchev–Trinajstić information content (AvgIpc) is 2.38. The molecule has 0 radical (unpaired) electrons. The summed E-state index contributed by atoms with van der Waals surface area (Å²) in [5, 5.41) is 9.57. The lowest BCUT2D eigenvalue weighted by Gasteiger charge is -2.33. The Labute approximate surface area is 122 Å². The molecule has 1 aliphatic rings. The third-order valence-electron chi connectivity index (χ3n) is 3.73. The van der Waals surface area contributed by atoms with Crippen LogP contribution in [0.15, 0.2) is 16.7 Å². The number of likely N-dealkylation sites (tertiary alicyclic amines) is 1. The van der Waals surface area contributed by atoms with Gasteiger partial charge >= 0.3 is 0 Å². The SMILES string of the molecule is Cc1ccc(C(=O)N2CCC(C(C)O)CC2)c(Br)n1. The van der Waals surface area contributed by atoms with E-state index in [0.29, 0.717) is 29.2 Å². The number of hydrogen-bond acceptors (Lipinski definition) is 3. The zero-order chi connectivity index (χ0) is 14.0. The highest BCUT2D eigenvalue weighted by Gasteiger charge is 2.27. The van der Waals surface area contributed by atoms with Gasteiger partial charge in [0, 0.05) is 18.8 Å². The van der Waals surface area contributed by atoms with Crippen LogP contribution in [0.2, 0.25) is 0 Å². The van der Waals surface area contributed by atoms with Gasteiger partial charge in [-0.2, -0.15) is 0 Å². The summed E-state index contributed by atoms with van der Waals surface area (Å²) >= 11 is 3.35. The Kier molecular flexibility index (Phi) is 4.58. The normalized spacial score (nSPS) is 18.4. The van der Waals surface area contributed by atoms with Gasteiger partial charge in [-0.1, -0.05) is 0 Å². The topological polar surface area (TPSA) is 53.4 Å². The van der Waals surface area contributed by atoms with Gasteiger partial charge in [0.1, 0.15) is 4.60 Å². The van der Waals surface area contributed by atoms with E-state index >= 15 is 0 Å². The number of amides is 1. The summed E-state index contributed by atoms with van der Waals surface area (Å²) in [7, 11) is 0. The van der Waals surface area contributed by atoms with Crippen LogP contribution in [0.25, 0.3) is 0 Å². The maximum atomic E-state index is 12.4. The number of pyridine rings is 1. The minimum absolute atomic E-state index is 0.0171. The molecule has 19 heavy (non-hydrogen) atoms. The summed E-state index contributed by atoms with van der Waals surface area (Å²) in [5.74, 6) is 0.326. The summed E-state index contributed by atoms with van der Waals surface area (Å²) in [6.07, 6.45) is 1.44. The molecule has 0 aromatic carbocycles. The van der Waals surface area contributed by atoms with Gasteiger partial charge in [-0.3, -0.25) is 4.79 Å². The van der Waals surface area contributed by atoms with Crippen LogP contribution in [-0.4, -0.2) is 40.1 Å². The van der Waals surface area contributed by atoms with Gasteiger partial charge in [0.05, 0.1) is 11.7 Å². The van der Waals surface area contributed by atoms with Gasteiger partial charge in [-0.25, -0.2) is 4.98 Å². The lowest BCUT2D eigenvalue weighted by Crippen LogP contribution is -2.40. The Balaban J connectivity index is 2.05. The molecular formula is C14H19BrN2O2. The number of aryl methyl sites for hydroxylation is 1. The van der Waals surface area contributed by atoms with Crippen molar-refractivity contribution in [3.05, 3.63) is 28.0 Å². The molecule has 1 atom stereocenters. The largest absolute Gasteiger partial charge is 0.393 e. The molecule has 1 unspecified atom stereocenters. The van der Waals surface area contributed by atoms with Gasteiger partial charge in [0.2, 0.25) is 0 Å². The maximum Gasteiger partial charge on any atom is 0.256 e. The van der Waals surface area contributed by atoms with Crippen molar-refractivity contribution in [2.45, 2.75) is 32.8 Å². The van der Waals surface area contributed by atoms with Gasteiger partial charge < -0.3 is 10.0 Å². The third-order valence-corrected chi connectivity index (χ3v) is 4.33. The lowest BCUT2D eigenvalue weighted by molar-refractivity contribution is 0.0520. The van der Waals surface area contributed by atoms with Crippen molar-refractivity contribution >= 4 is 21.8 Å². The monoisotopic (exact) mass is 326 g/mol. The second kappa shape index (κ2) is 6.01. The first-order valence-electron chi connectivity index (χ1n) is 6.59. The van der Waals surface area contributed by atoms with Gasteiger partial charge in [-0.15, -0.1) is 0 Å². The number of aliphatic hydroxyl groups excluding tert-OH is 1. The second-order valence-corrected chi connectivity index (χ2v) is 5.91. The number of carbonyl (C=O) groups is 1. The molecule has 1 saturated heterocycles. The Bertz CT molecular complexity index is 469. The highest BCUT2D eigenvalue weighted by molar-refractivity contribution is 9.10. The first-order chi connectivity index (χ1) is 8.99. The standard InChI is InChI=1S/C14H19BrN2O2/c1-9-3-4-12(13(15)16-9)14(19)17-7-5-11(6-8-17)10(2)18/h3-4,10-11,18H,5-8H2,1-2H3. The first kappa shape index (κ1) is 14.5. The van der Waals surface area contributed by atoms with Crippen molar-refractivity contribution < 1.29 is 9.90 Å². The van der Waals surface area contributed by atoms with E-state index in [2.05, 4.69) is 20.9 Å². The van der Waals surface area contributed by atoms with Crippen molar-refractivity contribution in [1.29, 1.82) is 0 Å². The molecule has 1 aromatic rings. The molecule has 0 bridgehead atoms. The van der Waals surface area contributed by atoms with Crippen LogP contribution in [0.5, 0.6) is 0 Å². The molecule has 1 aromatic heterocycles. The molecule has 0 saturated carbocycles. The Morgan fingerprint density at radius 2 is 2.11 bits per heavy atom. The summed E-state index contributed by atoms with van der Waals surface area (Å²) in [4.78, 5) is 18.5. The summed E-state index contributed by atoms with van der Waals surface area (Å²) in [6.45, 7) is 5.12. The van der Waals surface area contributed by atoms with E-state index in [1.165, 1.54) is 0 Å². The zero-order valence-corrected chi connectivity index (χ0v) is 12.9. The Morgan fingerprint density at radius 3 is 2.63 bits per heavy atom. The van der Waals surface area contributed by atoms with Crippen LogP contribution in [-0.2, 0) is 0 Å². The minimum Gasteiger partial charge on any atom is -0.393 e. The molecule has 1 N–H and O–H groups in total. The van der Waals surface area contributed by atoms with Crippen LogP contribution < -0.4 is 0 Å². The number of aliphatic hydroxyl groups is 1. The highest BCUT2D eigenvalue weighted by Crippen LogP contribution is 2.23. The quantitative estimate of drug-likeness (QED) is 0.849. The van der Waals surface area contributed by atoms with Gasteiger partial charge in [-0.05, 0) is 60.7 Å². The fourth-order valence-corrected chi connectivity index (χ4v) is 3.02. The summed E-state index contributed by atoms with van der Waals surface area (Å²) in [6, 6.07) is 3.66. The number of nitrogens with zero attached hydrogens (tertiary/aromatic N) is 2. The number of halogens is 1. The molecule has 2 heterocycles. The molecular weight excluding hydrogens is 308 g/mol. The molecule has 2 rings (SSSR count). The number of aromatic nitrogens is 1. The predicted molar refractivity (Wildman–Crippen MR) is 77.0 cm³/mol. The lowest BCUT2D eigenvalue weighted by atomic mass is 9.92. The number of carbonyl (C=O) groups excluding carboxylic acids is 1. The van der Waals surface area contributed by atoms with E-state index in [-0.39, 0.29) is 12.0 Å². The molecule has 104 valence electrons. The number of rotatable bonds is 2. The fourth-order valence-electron chi connectivity index (χ4n) is 2.44. The Morgan fingerprint density at radius 1 is 1.47 bits per heavy atom. The van der Waals surface area contributed by atoms with Gasteiger partial charge in [0.15, 0.2) is 0 Å². The first-order valence-corrected chi connectivity index (χ1v) is 7.39. The van der Waals surface area contributed by atoms with Crippen LogP contribution in [0.3, 0.4) is 0 Å². The van der Waals surface area contributed by atoms with Crippen molar-refractivity contribution in [1.82, 2.24) is 9.88 Å². The summed E-state index contributed by atoms with van der Waals surface area (Å²) < 4.78 is 0.607. The number of hydrogen-bond donors (Lipinski definition) is 1.